The summed E-state index contributed by atoms with van der Waals surface area (Å²) in [5.41, 5.74) is 40.6. The minimum absolute atomic E-state index is 0.0736. The number of nitrogens with zero attached hydrogens (tertiary/aromatic N) is 3. The maximum atomic E-state index is 14.7. The molecule has 0 spiro atoms. The summed E-state index contributed by atoms with van der Waals surface area (Å²) in [5.74, 6) is -9.80. The van der Waals surface area contributed by atoms with Crippen LogP contribution < -0.4 is 82.7 Å². The average Bonchev–Trinajstić information content (AvgIpc) is 1.74. The van der Waals surface area contributed by atoms with Crippen molar-refractivity contribution in [1.82, 2.24) is 52.3 Å². The zero-order chi connectivity index (χ0) is 70.1. The molecule has 2 aliphatic rings. The van der Waals surface area contributed by atoms with Gasteiger partial charge in [0.15, 0.2) is 5.96 Å². The molecule has 22 N–H and O–H groups in total. The summed E-state index contributed by atoms with van der Waals surface area (Å²) in [5, 5.41) is 21.1. The molecule has 10 atom stereocenters. The topological polar surface area (TPSA) is 519 Å². The molecule has 0 aromatic heterocycles. The quantitative estimate of drug-likeness (QED) is 0.0173. The van der Waals surface area contributed by atoms with Crippen LogP contribution in [-0.2, 0) is 75.2 Å². The molecule has 13 amide bonds. The number of rotatable bonds is 42. The SMILES string of the molecule is CSCC[C@H](NC(=O)[C@H](CC(C)C)NC(=O)CNC(=O)[C@H](Cc1ccccc1)NC(=O)[C@@H](Cc1ccccc1)NC(=O)[C@@H](CCC(N)=O)NC(=O)[C@H](CCC(N)=O)NC(=O)[C@@H]1CCCN1C(=O)[C@@H](CCCCN)NC(=O)[C@@H]1CCCN1C(=O)[C@H](N)CCCN=C(N)N)C(N)=O. The number of likely N-dealkylation sites (tertiary alicyclic amines) is 2. The number of nitrogens with one attached hydrogen (secondary N) is 8. The third-order valence-corrected chi connectivity index (χ3v) is 16.7. The molecule has 0 aliphatic carbocycles. The van der Waals surface area contributed by atoms with Crippen molar-refractivity contribution < 1.29 is 62.3 Å². The van der Waals surface area contributed by atoms with Gasteiger partial charge < -0.3 is 92.5 Å². The Bertz CT molecular complexity index is 2960. The van der Waals surface area contributed by atoms with E-state index < -0.39 is 169 Å². The molecule has 2 saturated heterocycles. The molecule has 0 unspecified atom stereocenters. The molecule has 2 aliphatic heterocycles. The number of thioether (sulfide) groups is 1. The standard InChI is InChI=1S/C63H98N18O13S/c1-37(2)33-45(57(89)74-41(53(68)85)27-32-95-3)73-52(84)36-72-54(86)46(34-38-15-6-4-7-16-38)78-58(90)47(35-39-17-8-5-9-18-39)79-56(88)42(23-25-50(66)82)75-55(87)43(24-26-51(67)83)76-59(91)49-22-14-31-81(49)62(94)44(20-10-11-28-64)77-60(92)48-21-13-30-80(48)61(93)40(65)19-12-29-71-63(69)70/h4-9,15-18,37,40-49H,10-14,19-36,64-65H2,1-3H3,(H2,66,82)(H2,67,83)(H2,68,85)(H,72,86)(H,73,84)(H,74,89)(H,75,87)(H,76,91)(H,77,92)(H,78,90)(H,79,88)(H4,69,70,71)/t40-,41+,42-,43+,44-,45+,46+,47-,48+,49+/m1/s1. The van der Waals surface area contributed by atoms with Crippen LogP contribution in [-0.4, -0.2) is 198 Å². The number of benzene rings is 2. The first-order valence-electron chi connectivity index (χ1n) is 32.2. The van der Waals surface area contributed by atoms with Crippen molar-refractivity contribution in [3.05, 3.63) is 71.8 Å². The van der Waals surface area contributed by atoms with E-state index in [1.54, 1.807) is 60.7 Å². The van der Waals surface area contributed by atoms with Gasteiger partial charge in [0.05, 0.1) is 12.6 Å². The number of carbonyl (C=O) groups excluding carboxylic acids is 13. The van der Waals surface area contributed by atoms with Crippen molar-refractivity contribution in [2.45, 2.75) is 183 Å². The van der Waals surface area contributed by atoms with E-state index >= 15 is 0 Å². The van der Waals surface area contributed by atoms with E-state index in [4.69, 9.17) is 40.1 Å². The van der Waals surface area contributed by atoms with Gasteiger partial charge in [0.2, 0.25) is 76.8 Å². The van der Waals surface area contributed by atoms with Gasteiger partial charge in [-0.05, 0) is 119 Å². The van der Waals surface area contributed by atoms with E-state index in [-0.39, 0.29) is 83.0 Å². The first-order chi connectivity index (χ1) is 45.2. The van der Waals surface area contributed by atoms with Crippen molar-refractivity contribution in [3.8, 4) is 0 Å². The summed E-state index contributed by atoms with van der Waals surface area (Å²) >= 11 is 1.45. The second-order valence-corrected chi connectivity index (χ2v) is 25.1. The molecule has 4 rings (SSSR count). The Morgan fingerprint density at radius 2 is 1.01 bits per heavy atom. The van der Waals surface area contributed by atoms with Gasteiger partial charge in [0, 0.05) is 45.3 Å². The summed E-state index contributed by atoms with van der Waals surface area (Å²) in [6.07, 6.45) is 3.12. The lowest BCUT2D eigenvalue weighted by molar-refractivity contribution is -0.144. The molecule has 524 valence electrons. The van der Waals surface area contributed by atoms with Crippen LogP contribution in [0.2, 0.25) is 0 Å². The van der Waals surface area contributed by atoms with Gasteiger partial charge >= 0.3 is 0 Å². The first kappa shape index (κ1) is 78.5. The molecule has 32 heteroatoms. The third kappa shape index (κ3) is 27.5. The zero-order valence-electron chi connectivity index (χ0n) is 54.5. The van der Waals surface area contributed by atoms with Gasteiger partial charge in [-0.25, -0.2) is 0 Å². The van der Waals surface area contributed by atoms with Gasteiger partial charge in [-0.3, -0.25) is 67.3 Å². The Kier molecular flexibility index (Phi) is 33.9. The van der Waals surface area contributed by atoms with E-state index in [0.29, 0.717) is 55.4 Å². The number of hydrogen-bond donors (Lipinski definition) is 15. The molecule has 2 heterocycles. The summed E-state index contributed by atoms with van der Waals surface area (Å²) in [6, 6.07) is 4.51. The van der Waals surface area contributed by atoms with E-state index in [1.165, 1.54) is 21.6 Å². The predicted octanol–water partition coefficient (Wildman–Crippen LogP) is -3.71. The van der Waals surface area contributed by atoms with Crippen LogP contribution in [0.4, 0.5) is 0 Å². The lowest BCUT2D eigenvalue weighted by Crippen LogP contribution is -2.60. The van der Waals surface area contributed by atoms with E-state index in [0.717, 1.165) is 0 Å². The molecule has 0 bridgehead atoms. The van der Waals surface area contributed by atoms with Crippen molar-refractivity contribution in [2.24, 2.45) is 51.0 Å². The Balaban J connectivity index is 1.56. The fraction of sp³-hybridized carbons (Fsp3) is 0.587. The molecule has 31 nitrogen and oxygen atoms in total. The monoisotopic (exact) mass is 1350 g/mol. The minimum atomic E-state index is -1.64. The maximum absolute atomic E-state index is 14.7. The molecule has 2 fully saturated rings. The molecule has 0 radical (unpaired) electrons. The van der Waals surface area contributed by atoms with Crippen molar-refractivity contribution in [2.75, 3.05) is 44.7 Å². The van der Waals surface area contributed by atoms with Gasteiger partial charge in [0.1, 0.15) is 54.4 Å². The number of carbonyl (C=O) groups is 13. The summed E-state index contributed by atoms with van der Waals surface area (Å²) in [6.45, 7) is 3.86. The number of unbranched alkanes of at least 4 members (excludes halogenated alkanes) is 1. The molecule has 2 aromatic carbocycles. The normalized spacial score (nSPS) is 16.8. The molecule has 2 aromatic rings. The largest absolute Gasteiger partial charge is 0.370 e. The van der Waals surface area contributed by atoms with Crippen molar-refractivity contribution in [3.63, 3.8) is 0 Å². The lowest BCUT2D eigenvalue weighted by atomic mass is 10.0. The van der Waals surface area contributed by atoms with E-state index in [1.807, 2.05) is 20.1 Å². The van der Waals surface area contributed by atoms with Gasteiger partial charge in [-0.15, -0.1) is 0 Å². The second-order valence-electron chi connectivity index (χ2n) is 24.1. The Morgan fingerprint density at radius 1 is 0.537 bits per heavy atom. The highest BCUT2D eigenvalue weighted by atomic mass is 32.2. The van der Waals surface area contributed by atoms with Crippen LogP contribution in [0.15, 0.2) is 65.7 Å². The van der Waals surface area contributed by atoms with Crippen LogP contribution in [0.5, 0.6) is 0 Å². The Morgan fingerprint density at radius 3 is 1.51 bits per heavy atom. The van der Waals surface area contributed by atoms with Gasteiger partial charge in [-0.1, -0.05) is 74.5 Å². The molecular weight excluding hydrogens is 1250 g/mol. The Labute approximate surface area is 558 Å². The van der Waals surface area contributed by atoms with Crippen LogP contribution in [0.25, 0.3) is 0 Å². The summed E-state index contributed by atoms with van der Waals surface area (Å²) in [7, 11) is 0. The maximum Gasteiger partial charge on any atom is 0.245 e. The average molecular weight is 1350 g/mol. The zero-order valence-corrected chi connectivity index (χ0v) is 55.3. The van der Waals surface area contributed by atoms with Crippen LogP contribution in [0.3, 0.4) is 0 Å². The Hall–Kier alpha value is -8.91. The molecule has 0 saturated carbocycles. The number of guanidine groups is 1. The fourth-order valence-corrected chi connectivity index (χ4v) is 11.5. The highest BCUT2D eigenvalue weighted by molar-refractivity contribution is 7.98. The van der Waals surface area contributed by atoms with Crippen molar-refractivity contribution >= 4 is 94.5 Å². The van der Waals surface area contributed by atoms with Crippen LogP contribution >= 0.6 is 11.8 Å². The van der Waals surface area contributed by atoms with E-state index in [2.05, 4.69) is 47.5 Å². The predicted molar refractivity (Wildman–Crippen MR) is 356 cm³/mol. The second kappa shape index (κ2) is 41.0. The number of hydrogen-bond acceptors (Lipinski definition) is 17. The molecular formula is C63H98N18O13S. The highest BCUT2D eigenvalue weighted by Gasteiger charge is 2.42. The fourth-order valence-electron chi connectivity index (χ4n) is 11.0. The van der Waals surface area contributed by atoms with Gasteiger partial charge in [0.25, 0.3) is 0 Å². The number of primary amides is 3. The van der Waals surface area contributed by atoms with Crippen LogP contribution in [0.1, 0.15) is 121 Å². The molecule has 95 heavy (non-hydrogen) atoms. The first-order valence-corrected chi connectivity index (χ1v) is 33.6. The smallest absolute Gasteiger partial charge is 0.245 e. The minimum Gasteiger partial charge on any atom is -0.370 e. The summed E-state index contributed by atoms with van der Waals surface area (Å²) < 4.78 is 0. The van der Waals surface area contributed by atoms with E-state index in [9.17, 15) is 62.3 Å². The number of nitrogens with two attached hydrogens (primary N) is 7. The summed E-state index contributed by atoms with van der Waals surface area (Å²) in [4.78, 5) is 185. The van der Waals surface area contributed by atoms with Crippen LogP contribution in [0, 0.1) is 5.92 Å². The van der Waals surface area contributed by atoms with Crippen molar-refractivity contribution in [1.29, 1.82) is 0 Å². The number of amides is 13. The highest BCUT2D eigenvalue weighted by Crippen LogP contribution is 2.24. The van der Waals surface area contributed by atoms with Gasteiger partial charge in [-0.2, -0.15) is 11.8 Å². The lowest BCUT2D eigenvalue weighted by Gasteiger charge is -2.32. The third-order valence-electron chi connectivity index (χ3n) is 16.0. The number of aliphatic imine (C=N–C) groups is 1.